The van der Waals surface area contributed by atoms with Gasteiger partial charge < -0.3 is 15.0 Å². The fraction of sp³-hybridized carbons (Fsp3) is 0.409. The molecule has 0 radical (unpaired) electrons. The maximum absolute atomic E-state index is 14.0. The van der Waals surface area contributed by atoms with Crippen molar-refractivity contribution in [1.29, 1.82) is 0 Å². The zero-order valence-electron chi connectivity index (χ0n) is 16.7. The molecule has 1 amide bonds. The van der Waals surface area contributed by atoms with Crippen molar-refractivity contribution < 1.29 is 13.9 Å². The lowest BCUT2D eigenvalue weighted by Gasteiger charge is -2.38. The maximum Gasteiger partial charge on any atom is 0.237 e. The Morgan fingerprint density at radius 1 is 1.04 bits per heavy atom. The molecular formula is C22H28FN3O2. The van der Waals surface area contributed by atoms with Crippen LogP contribution in [-0.2, 0) is 4.79 Å². The van der Waals surface area contributed by atoms with Crippen molar-refractivity contribution in [2.24, 2.45) is 0 Å². The van der Waals surface area contributed by atoms with E-state index in [-0.39, 0.29) is 23.8 Å². The molecule has 1 N–H and O–H groups in total. The number of amides is 1. The number of nitrogens with one attached hydrogen (secondary N) is 1. The molecule has 1 saturated heterocycles. The Labute approximate surface area is 166 Å². The monoisotopic (exact) mass is 385 g/mol. The number of anilines is 1. The van der Waals surface area contributed by atoms with Gasteiger partial charge in [-0.15, -0.1) is 0 Å². The van der Waals surface area contributed by atoms with Crippen LogP contribution in [0.3, 0.4) is 0 Å². The summed E-state index contributed by atoms with van der Waals surface area (Å²) < 4.78 is 19.4. The highest BCUT2D eigenvalue weighted by Crippen LogP contribution is 2.25. The van der Waals surface area contributed by atoms with E-state index in [2.05, 4.69) is 10.2 Å². The third-order valence-electron chi connectivity index (χ3n) is 5.40. The molecule has 150 valence electrons. The second kappa shape index (κ2) is 9.06. The van der Waals surface area contributed by atoms with Crippen LogP contribution in [0.25, 0.3) is 0 Å². The highest BCUT2D eigenvalue weighted by Gasteiger charge is 2.27. The Balaban J connectivity index is 1.56. The first kappa shape index (κ1) is 20.1. The number of hydrogen-bond acceptors (Lipinski definition) is 4. The largest absolute Gasteiger partial charge is 0.496 e. The van der Waals surface area contributed by atoms with E-state index in [1.165, 1.54) is 6.07 Å². The molecule has 6 heteroatoms. The number of ether oxygens (including phenoxy) is 1. The van der Waals surface area contributed by atoms with Crippen molar-refractivity contribution >= 4 is 11.6 Å². The number of hydrogen-bond donors (Lipinski definition) is 1. The van der Waals surface area contributed by atoms with Crippen LogP contribution in [0.1, 0.15) is 25.5 Å². The van der Waals surface area contributed by atoms with Crippen LogP contribution in [-0.4, -0.2) is 50.1 Å². The Kier molecular flexibility index (Phi) is 6.52. The summed E-state index contributed by atoms with van der Waals surface area (Å²) >= 11 is 0. The number of nitrogens with zero attached hydrogens (tertiary/aromatic N) is 2. The van der Waals surface area contributed by atoms with E-state index in [9.17, 15) is 9.18 Å². The van der Waals surface area contributed by atoms with E-state index in [1.807, 2.05) is 49.1 Å². The van der Waals surface area contributed by atoms with Crippen LogP contribution in [0, 0.1) is 5.82 Å². The molecule has 5 nitrogen and oxygen atoms in total. The lowest BCUT2D eigenvalue weighted by atomic mass is 10.1. The predicted molar refractivity (Wildman–Crippen MR) is 109 cm³/mol. The molecule has 0 spiro atoms. The summed E-state index contributed by atoms with van der Waals surface area (Å²) in [5.74, 6) is 0.548. The minimum atomic E-state index is -0.250. The second-order valence-electron chi connectivity index (χ2n) is 7.12. The third kappa shape index (κ3) is 4.44. The number of methoxy groups -OCH3 is 1. The number of carbonyl (C=O) groups is 1. The van der Waals surface area contributed by atoms with Gasteiger partial charge in [-0.2, -0.15) is 0 Å². The fourth-order valence-corrected chi connectivity index (χ4v) is 3.66. The fourth-order valence-electron chi connectivity index (χ4n) is 3.66. The molecule has 2 atom stereocenters. The van der Waals surface area contributed by atoms with Crippen molar-refractivity contribution in [3.8, 4) is 5.75 Å². The zero-order chi connectivity index (χ0) is 20.1. The first-order valence-corrected chi connectivity index (χ1v) is 9.68. The molecule has 1 aliphatic rings. The van der Waals surface area contributed by atoms with Crippen LogP contribution in [0.5, 0.6) is 5.75 Å². The van der Waals surface area contributed by atoms with E-state index < -0.39 is 0 Å². The highest BCUT2D eigenvalue weighted by molar-refractivity contribution is 5.81. The van der Waals surface area contributed by atoms with Gasteiger partial charge in [-0.3, -0.25) is 9.69 Å². The first-order chi connectivity index (χ1) is 13.5. The van der Waals surface area contributed by atoms with E-state index in [0.29, 0.717) is 31.9 Å². The Morgan fingerprint density at radius 2 is 1.68 bits per heavy atom. The Bertz CT molecular complexity index is 806. The average molecular weight is 385 g/mol. The van der Waals surface area contributed by atoms with Gasteiger partial charge >= 0.3 is 0 Å². The molecule has 3 rings (SSSR count). The topological polar surface area (TPSA) is 44.8 Å². The van der Waals surface area contributed by atoms with Gasteiger partial charge in [0, 0.05) is 31.7 Å². The average Bonchev–Trinajstić information content (AvgIpc) is 2.73. The molecule has 1 heterocycles. The summed E-state index contributed by atoms with van der Waals surface area (Å²) in [5, 5.41) is 3.09. The van der Waals surface area contributed by atoms with Gasteiger partial charge in [0.05, 0.1) is 24.9 Å². The zero-order valence-corrected chi connectivity index (χ0v) is 16.7. The smallest absolute Gasteiger partial charge is 0.237 e. The molecule has 0 aromatic heterocycles. The van der Waals surface area contributed by atoms with Crippen LogP contribution < -0.4 is 15.0 Å². The number of carbonyl (C=O) groups excluding carboxylic acids is 1. The molecule has 0 aliphatic carbocycles. The first-order valence-electron chi connectivity index (χ1n) is 9.68. The SMILES string of the molecule is COc1ccccc1C(C)NC(=O)C(C)N1CCN(c2ccccc2F)CC1. The predicted octanol–water partition coefficient (Wildman–Crippen LogP) is 3.22. The summed E-state index contributed by atoms with van der Waals surface area (Å²) in [7, 11) is 1.63. The molecule has 2 unspecified atom stereocenters. The van der Waals surface area contributed by atoms with Gasteiger partial charge in [0.15, 0.2) is 0 Å². The van der Waals surface area contributed by atoms with Gasteiger partial charge in [0.2, 0.25) is 5.91 Å². The quantitative estimate of drug-likeness (QED) is 0.829. The van der Waals surface area contributed by atoms with E-state index >= 15 is 0 Å². The molecule has 1 aliphatic heterocycles. The molecule has 2 aromatic carbocycles. The van der Waals surface area contributed by atoms with E-state index in [4.69, 9.17) is 4.74 Å². The van der Waals surface area contributed by atoms with Crippen molar-refractivity contribution in [3.05, 3.63) is 59.9 Å². The minimum Gasteiger partial charge on any atom is -0.496 e. The van der Waals surface area contributed by atoms with E-state index in [0.717, 1.165) is 11.3 Å². The molecule has 2 aromatic rings. The summed E-state index contributed by atoms with van der Waals surface area (Å²) in [4.78, 5) is 16.9. The van der Waals surface area contributed by atoms with Gasteiger partial charge in [-0.25, -0.2) is 4.39 Å². The summed E-state index contributed by atoms with van der Waals surface area (Å²) in [6, 6.07) is 14.1. The lowest BCUT2D eigenvalue weighted by molar-refractivity contribution is -0.126. The number of rotatable bonds is 6. The number of para-hydroxylation sites is 2. The molecule has 0 bridgehead atoms. The molecule has 0 saturated carbocycles. The van der Waals surface area contributed by atoms with Crippen LogP contribution in [0.15, 0.2) is 48.5 Å². The normalized spacial score (nSPS) is 17.1. The van der Waals surface area contributed by atoms with Gasteiger partial charge in [0.25, 0.3) is 0 Å². The number of piperazine rings is 1. The van der Waals surface area contributed by atoms with Crippen LogP contribution in [0.2, 0.25) is 0 Å². The van der Waals surface area contributed by atoms with Gasteiger partial charge in [-0.1, -0.05) is 30.3 Å². The maximum atomic E-state index is 14.0. The molecule has 28 heavy (non-hydrogen) atoms. The van der Waals surface area contributed by atoms with Crippen molar-refractivity contribution in [3.63, 3.8) is 0 Å². The third-order valence-corrected chi connectivity index (χ3v) is 5.40. The standard InChI is InChI=1S/C22H28FN3O2/c1-16(18-8-4-7-11-21(18)28-3)24-22(27)17(2)25-12-14-26(15-13-25)20-10-6-5-9-19(20)23/h4-11,16-17H,12-15H2,1-3H3,(H,24,27). The highest BCUT2D eigenvalue weighted by atomic mass is 19.1. The molecule has 1 fully saturated rings. The Hall–Kier alpha value is -2.60. The van der Waals surface area contributed by atoms with E-state index in [1.54, 1.807) is 19.2 Å². The van der Waals surface area contributed by atoms with Crippen LogP contribution in [0.4, 0.5) is 10.1 Å². The summed E-state index contributed by atoms with van der Waals surface area (Å²) in [6.07, 6.45) is 0. The summed E-state index contributed by atoms with van der Waals surface area (Å²) in [5.41, 5.74) is 1.58. The summed E-state index contributed by atoms with van der Waals surface area (Å²) in [6.45, 7) is 6.70. The van der Waals surface area contributed by atoms with Gasteiger partial charge in [-0.05, 0) is 32.0 Å². The lowest BCUT2D eigenvalue weighted by Crippen LogP contribution is -2.54. The number of halogens is 1. The second-order valence-corrected chi connectivity index (χ2v) is 7.12. The Morgan fingerprint density at radius 3 is 2.36 bits per heavy atom. The van der Waals surface area contributed by atoms with Gasteiger partial charge in [0.1, 0.15) is 11.6 Å². The minimum absolute atomic E-state index is 0.0160. The van der Waals surface area contributed by atoms with Crippen molar-refractivity contribution in [1.82, 2.24) is 10.2 Å². The molecular weight excluding hydrogens is 357 g/mol. The van der Waals surface area contributed by atoms with Crippen LogP contribution >= 0.6 is 0 Å². The van der Waals surface area contributed by atoms with Crippen molar-refractivity contribution in [2.75, 3.05) is 38.2 Å². The van der Waals surface area contributed by atoms with Crippen molar-refractivity contribution in [2.45, 2.75) is 25.9 Å². The number of benzene rings is 2.